The Hall–Kier alpha value is -3.55. The molecule has 1 aromatic carbocycles. The van der Waals surface area contributed by atoms with Gasteiger partial charge in [-0.25, -0.2) is 9.38 Å². The Morgan fingerprint density at radius 3 is 2.89 bits per heavy atom. The molecule has 2 aromatic rings. The highest BCUT2D eigenvalue weighted by Gasteiger charge is 2.31. The van der Waals surface area contributed by atoms with E-state index in [1.165, 1.54) is 6.07 Å². The quantitative estimate of drug-likeness (QED) is 0.563. The summed E-state index contributed by atoms with van der Waals surface area (Å²) in [5, 5.41) is 17.3. The van der Waals surface area contributed by atoms with Crippen LogP contribution in [0, 0.1) is 23.1 Å². The van der Waals surface area contributed by atoms with E-state index in [1.54, 1.807) is 12.4 Å². The molecule has 1 fully saturated rings. The lowest BCUT2D eigenvalue weighted by atomic mass is 9.95. The molecule has 3 unspecified atom stereocenters. The molecule has 3 atom stereocenters. The number of benzene rings is 1. The van der Waals surface area contributed by atoms with Gasteiger partial charge in [0.2, 0.25) is 0 Å². The zero-order valence-electron chi connectivity index (χ0n) is 21.3. The second-order valence-corrected chi connectivity index (χ2v) is 10.2. The Morgan fingerprint density at radius 1 is 1.27 bits per heavy atom. The first-order valence-electron chi connectivity index (χ1n) is 12.8. The standard InChI is InChI=1S/C27H33FN8O/c1-34(2)15-19-11-21(28)13-24(12-19)37-23-5-9-35(10-6-23)17-22(3-7-29)36-16-20(14-33-36)26-25-4-8-30-27(25)32-18-31-26/h4,8,11-14,16,18,22-23,25-26H,3,5-6,9-10,15,17H2,1-2H3,(H,30,31,32). The van der Waals surface area contributed by atoms with Crippen molar-refractivity contribution in [1.29, 1.82) is 5.26 Å². The third-order valence-corrected chi connectivity index (χ3v) is 7.01. The summed E-state index contributed by atoms with van der Waals surface area (Å²) in [4.78, 5) is 13.3. The number of rotatable bonds is 9. The van der Waals surface area contributed by atoms with Crippen LogP contribution in [-0.4, -0.2) is 71.6 Å². The Morgan fingerprint density at radius 2 is 2.11 bits per heavy atom. The number of nitriles is 1. The molecule has 3 aliphatic heterocycles. The Labute approximate surface area is 216 Å². The van der Waals surface area contributed by atoms with Crippen molar-refractivity contribution < 1.29 is 9.13 Å². The molecule has 9 nitrogen and oxygen atoms in total. The van der Waals surface area contributed by atoms with Gasteiger partial charge < -0.3 is 19.9 Å². The SMILES string of the molecule is CN(C)Cc1cc(F)cc(OC2CCN(CC(CC#N)n3cc(C4N=CN=C5NC=CC54)cn3)CC2)c1. The lowest BCUT2D eigenvalue weighted by Gasteiger charge is -2.34. The van der Waals surface area contributed by atoms with Gasteiger partial charge in [0.25, 0.3) is 0 Å². The monoisotopic (exact) mass is 504 g/mol. The topological polar surface area (TPSA) is 94.1 Å². The summed E-state index contributed by atoms with van der Waals surface area (Å²) in [7, 11) is 3.92. The number of aromatic nitrogens is 2. The van der Waals surface area contributed by atoms with Crippen LogP contribution < -0.4 is 10.1 Å². The highest BCUT2D eigenvalue weighted by molar-refractivity contribution is 5.96. The van der Waals surface area contributed by atoms with E-state index in [-0.39, 0.29) is 29.9 Å². The van der Waals surface area contributed by atoms with Crippen LogP contribution >= 0.6 is 0 Å². The van der Waals surface area contributed by atoms with Gasteiger partial charge in [-0.2, -0.15) is 10.4 Å². The molecule has 5 rings (SSSR count). The fraction of sp³-hybridized carbons (Fsp3) is 0.481. The molecule has 0 saturated carbocycles. The van der Waals surface area contributed by atoms with Gasteiger partial charge in [0.15, 0.2) is 0 Å². The minimum absolute atomic E-state index is 0.0454. The van der Waals surface area contributed by atoms with Gasteiger partial charge >= 0.3 is 0 Å². The van der Waals surface area contributed by atoms with Crippen LogP contribution in [0.4, 0.5) is 4.39 Å². The summed E-state index contributed by atoms with van der Waals surface area (Å²) in [6.07, 6.45) is 11.6. The molecular weight excluding hydrogens is 471 g/mol. The average Bonchev–Trinajstić information content (AvgIpc) is 3.54. The van der Waals surface area contributed by atoms with Crippen LogP contribution in [0.25, 0.3) is 0 Å². The van der Waals surface area contributed by atoms with Crippen LogP contribution in [0.2, 0.25) is 0 Å². The van der Waals surface area contributed by atoms with Crippen molar-refractivity contribution in [2.45, 2.75) is 44.0 Å². The highest BCUT2D eigenvalue weighted by atomic mass is 19.1. The van der Waals surface area contributed by atoms with Gasteiger partial charge in [-0.3, -0.25) is 9.67 Å². The number of hydrogen-bond acceptors (Lipinski definition) is 8. The van der Waals surface area contributed by atoms with Crippen molar-refractivity contribution in [3.8, 4) is 11.8 Å². The largest absolute Gasteiger partial charge is 0.490 e. The molecule has 10 heteroatoms. The fourth-order valence-corrected chi connectivity index (χ4v) is 5.25. The van der Waals surface area contributed by atoms with Gasteiger partial charge in [0.1, 0.15) is 29.8 Å². The number of halogens is 1. The molecule has 37 heavy (non-hydrogen) atoms. The molecule has 1 N–H and O–H groups in total. The van der Waals surface area contributed by atoms with E-state index >= 15 is 0 Å². The minimum Gasteiger partial charge on any atom is -0.490 e. The Bertz CT molecular complexity index is 1220. The fourth-order valence-electron chi connectivity index (χ4n) is 5.25. The number of likely N-dealkylation sites (tertiary alicyclic amines) is 1. The second-order valence-electron chi connectivity index (χ2n) is 10.2. The Balaban J connectivity index is 1.17. The maximum atomic E-state index is 14.1. The lowest BCUT2D eigenvalue weighted by molar-refractivity contribution is 0.0908. The molecule has 1 aromatic heterocycles. The molecule has 0 bridgehead atoms. The van der Waals surface area contributed by atoms with E-state index in [2.05, 4.69) is 37.4 Å². The van der Waals surface area contributed by atoms with Gasteiger partial charge in [-0.05, 0) is 50.8 Å². The maximum absolute atomic E-state index is 14.1. The van der Waals surface area contributed by atoms with Gasteiger partial charge in [0.05, 0.1) is 36.7 Å². The first kappa shape index (κ1) is 25.1. The number of hydrogen-bond donors (Lipinski definition) is 1. The maximum Gasteiger partial charge on any atom is 0.127 e. The first-order valence-corrected chi connectivity index (χ1v) is 12.8. The molecule has 1 saturated heterocycles. The second kappa shape index (κ2) is 11.2. The molecule has 194 valence electrons. The summed E-state index contributed by atoms with van der Waals surface area (Å²) >= 11 is 0. The summed E-state index contributed by atoms with van der Waals surface area (Å²) < 4.78 is 22.2. The van der Waals surface area contributed by atoms with E-state index in [1.807, 2.05) is 48.3 Å². The van der Waals surface area contributed by atoms with Gasteiger partial charge in [-0.15, -0.1) is 0 Å². The van der Waals surface area contributed by atoms with E-state index in [9.17, 15) is 9.65 Å². The first-order chi connectivity index (χ1) is 18.0. The molecule has 4 heterocycles. The predicted octanol–water partition coefficient (Wildman–Crippen LogP) is 3.30. The average molecular weight is 505 g/mol. The normalized spacial score (nSPS) is 22.4. The van der Waals surface area contributed by atoms with Crippen molar-refractivity contribution in [2.24, 2.45) is 15.9 Å². The van der Waals surface area contributed by atoms with Crippen molar-refractivity contribution in [3.05, 3.63) is 59.8 Å². The smallest absolute Gasteiger partial charge is 0.127 e. The van der Waals surface area contributed by atoms with E-state index in [4.69, 9.17) is 4.74 Å². The van der Waals surface area contributed by atoms with Crippen molar-refractivity contribution in [3.63, 3.8) is 0 Å². The number of nitrogens with zero attached hydrogens (tertiary/aromatic N) is 7. The number of amidine groups is 1. The van der Waals surface area contributed by atoms with Gasteiger partial charge in [-0.1, -0.05) is 6.08 Å². The zero-order chi connectivity index (χ0) is 25.8. The van der Waals surface area contributed by atoms with Crippen molar-refractivity contribution >= 4 is 12.2 Å². The predicted molar refractivity (Wildman–Crippen MR) is 140 cm³/mol. The minimum atomic E-state index is -0.271. The van der Waals surface area contributed by atoms with Crippen LogP contribution in [0.5, 0.6) is 5.75 Å². The summed E-state index contributed by atoms with van der Waals surface area (Å²) in [6.45, 7) is 3.11. The number of nitrogens with one attached hydrogen (secondary N) is 1. The lowest BCUT2D eigenvalue weighted by Crippen LogP contribution is -2.41. The summed E-state index contributed by atoms with van der Waals surface area (Å²) in [5.74, 6) is 1.31. The summed E-state index contributed by atoms with van der Waals surface area (Å²) in [5.41, 5.74) is 1.92. The highest BCUT2D eigenvalue weighted by Crippen LogP contribution is 2.32. The third kappa shape index (κ3) is 6.06. The molecular formula is C27H33FN8O. The van der Waals surface area contributed by atoms with E-state index in [0.29, 0.717) is 18.7 Å². The van der Waals surface area contributed by atoms with Gasteiger partial charge in [0, 0.05) is 44.0 Å². The number of piperidine rings is 1. The van der Waals surface area contributed by atoms with Crippen molar-refractivity contribution in [1.82, 2.24) is 24.9 Å². The number of fused-ring (bicyclic) bond motifs is 1. The molecule has 0 aliphatic carbocycles. The van der Waals surface area contributed by atoms with E-state index in [0.717, 1.165) is 49.4 Å². The van der Waals surface area contributed by atoms with Crippen LogP contribution in [0.1, 0.15) is 42.5 Å². The number of ether oxygens (including phenoxy) is 1. The molecule has 0 radical (unpaired) electrons. The van der Waals surface area contributed by atoms with Crippen LogP contribution in [-0.2, 0) is 6.54 Å². The zero-order valence-corrected chi connectivity index (χ0v) is 21.3. The number of aliphatic imine (C=N–C) groups is 2. The van der Waals surface area contributed by atoms with Crippen LogP contribution in [0.15, 0.2) is 52.9 Å². The third-order valence-electron chi connectivity index (χ3n) is 7.01. The molecule has 0 spiro atoms. The molecule has 0 amide bonds. The summed E-state index contributed by atoms with van der Waals surface area (Å²) in [6, 6.07) is 7.16. The molecule has 3 aliphatic rings. The van der Waals surface area contributed by atoms with Crippen molar-refractivity contribution in [2.75, 3.05) is 33.7 Å². The Kier molecular flexibility index (Phi) is 7.63. The van der Waals surface area contributed by atoms with Crippen LogP contribution in [0.3, 0.4) is 0 Å². The van der Waals surface area contributed by atoms with E-state index < -0.39 is 0 Å².